The first-order valence-corrected chi connectivity index (χ1v) is 6.71. The summed E-state index contributed by atoms with van der Waals surface area (Å²) in [7, 11) is 1.88. The number of aromatic nitrogens is 2. The molecule has 0 aliphatic rings. The molecule has 0 saturated heterocycles. The average Bonchev–Trinajstić information content (AvgIpc) is 2.46. The molecule has 0 fully saturated rings. The van der Waals surface area contributed by atoms with Crippen LogP contribution in [0.2, 0.25) is 5.02 Å². The maximum Gasteiger partial charge on any atom is 0.0848 e. The van der Waals surface area contributed by atoms with Crippen LogP contribution in [0.15, 0.2) is 0 Å². The first kappa shape index (κ1) is 14.5. The molecule has 1 rings (SSSR count). The van der Waals surface area contributed by atoms with E-state index in [2.05, 4.69) is 18.9 Å². The maximum absolute atomic E-state index is 10.6. The molecular weight excluding hydrogens is 236 g/mol. The summed E-state index contributed by atoms with van der Waals surface area (Å²) in [6.45, 7) is 6.08. The van der Waals surface area contributed by atoms with Gasteiger partial charge in [0.2, 0.25) is 0 Å². The van der Waals surface area contributed by atoms with Gasteiger partial charge in [0.1, 0.15) is 0 Å². The van der Waals surface area contributed by atoms with Gasteiger partial charge in [-0.15, -0.1) is 0 Å². The van der Waals surface area contributed by atoms with Crippen LogP contribution in [-0.2, 0) is 13.5 Å². The van der Waals surface area contributed by atoms with Gasteiger partial charge in [0.25, 0.3) is 0 Å². The predicted molar refractivity (Wildman–Crippen MR) is 71.4 cm³/mol. The minimum Gasteiger partial charge on any atom is -0.389 e. The molecule has 0 saturated carbocycles. The minimum atomic E-state index is -0.645. The zero-order chi connectivity index (χ0) is 13.1. The molecule has 0 spiro atoms. The Morgan fingerprint density at radius 3 is 2.18 bits per heavy atom. The number of hydrogen-bond acceptors (Lipinski definition) is 2. The van der Waals surface area contributed by atoms with Crippen molar-refractivity contribution in [3.63, 3.8) is 0 Å². The zero-order valence-corrected chi connectivity index (χ0v) is 12.0. The lowest BCUT2D eigenvalue weighted by atomic mass is 9.88. The Morgan fingerprint density at radius 1 is 1.29 bits per heavy atom. The molecular formula is C13H23ClN2O. The summed E-state index contributed by atoms with van der Waals surface area (Å²) in [6.07, 6.45) is 4.16. The van der Waals surface area contributed by atoms with E-state index in [1.165, 1.54) is 0 Å². The van der Waals surface area contributed by atoms with E-state index in [0.717, 1.165) is 37.1 Å². The van der Waals surface area contributed by atoms with Crippen LogP contribution in [0.3, 0.4) is 0 Å². The molecule has 0 unspecified atom stereocenters. The molecule has 17 heavy (non-hydrogen) atoms. The Hall–Kier alpha value is -0.540. The second kappa shape index (κ2) is 5.87. The van der Waals surface area contributed by atoms with Crippen molar-refractivity contribution in [2.45, 2.75) is 58.5 Å². The Balaban J connectivity index is 2.93. The van der Waals surface area contributed by atoms with Gasteiger partial charge in [-0.25, -0.2) is 0 Å². The van der Waals surface area contributed by atoms with Gasteiger partial charge in [-0.1, -0.05) is 38.3 Å². The van der Waals surface area contributed by atoms with E-state index in [4.69, 9.17) is 11.6 Å². The SMILES string of the molecule is CCCC(O)(CCC)Cc1c(Cl)c(C)nn1C. The largest absolute Gasteiger partial charge is 0.389 e. The van der Waals surface area contributed by atoms with Crippen LogP contribution < -0.4 is 0 Å². The standard InChI is InChI=1S/C13H23ClN2O/c1-5-7-13(17,8-6-2)9-11-12(14)10(3)15-16(11)4/h17H,5-9H2,1-4H3. The summed E-state index contributed by atoms with van der Waals surface area (Å²) >= 11 is 6.23. The zero-order valence-electron chi connectivity index (χ0n) is 11.3. The summed E-state index contributed by atoms with van der Waals surface area (Å²) in [5.74, 6) is 0. The maximum atomic E-state index is 10.6. The summed E-state index contributed by atoms with van der Waals surface area (Å²) < 4.78 is 1.79. The second-order valence-electron chi connectivity index (χ2n) is 4.87. The van der Waals surface area contributed by atoms with E-state index in [1.54, 1.807) is 4.68 Å². The monoisotopic (exact) mass is 258 g/mol. The van der Waals surface area contributed by atoms with E-state index in [0.29, 0.717) is 11.4 Å². The van der Waals surface area contributed by atoms with Crippen molar-refractivity contribution in [1.82, 2.24) is 9.78 Å². The third kappa shape index (κ3) is 3.46. The highest BCUT2D eigenvalue weighted by atomic mass is 35.5. The molecule has 98 valence electrons. The molecule has 0 radical (unpaired) electrons. The highest BCUT2D eigenvalue weighted by Gasteiger charge is 2.28. The highest BCUT2D eigenvalue weighted by molar-refractivity contribution is 6.31. The number of nitrogens with zero attached hydrogens (tertiary/aromatic N) is 2. The molecule has 0 amide bonds. The number of hydrogen-bond donors (Lipinski definition) is 1. The van der Waals surface area contributed by atoms with Crippen molar-refractivity contribution in [3.05, 3.63) is 16.4 Å². The van der Waals surface area contributed by atoms with Gasteiger partial charge >= 0.3 is 0 Å². The van der Waals surface area contributed by atoms with E-state index < -0.39 is 5.60 Å². The highest BCUT2D eigenvalue weighted by Crippen LogP contribution is 2.29. The van der Waals surface area contributed by atoms with Crippen LogP contribution in [0.1, 0.15) is 50.9 Å². The van der Waals surface area contributed by atoms with Crippen molar-refractivity contribution in [1.29, 1.82) is 0 Å². The summed E-state index contributed by atoms with van der Waals surface area (Å²) in [6, 6.07) is 0. The Labute approximate surface area is 109 Å². The number of aliphatic hydroxyl groups is 1. The van der Waals surface area contributed by atoms with Crippen LogP contribution in [0.25, 0.3) is 0 Å². The summed E-state index contributed by atoms with van der Waals surface area (Å²) in [5.41, 5.74) is 1.13. The minimum absolute atomic E-state index is 0.588. The molecule has 0 atom stereocenters. The molecule has 0 aromatic carbocycles. The summed E-state index contributed by atoms with van der Waals surface area (Å²) in [5, 5.41) is 15.6. The quantitative estimate of drug-likeness (QED) is 0.851. The van der Waals surface area contributed by atoms with Crippen LogP contribution >= 0.6 is 11.6 Å². The molecule has 1 aromatic heterocycles. The first-order chi connectivity index (χ1) is 7.93. The van der Waals surface area contributed by atoms with E-state index in [9.17, 15) is 5.11 Å². The van der Waals surface area contributed by atoms with Crippen LogP contribution in [0.5, 0.6) is 0 Å². The Morgan fingerprint density at radius 2 is 1.82 bits per heavy atom. The van der Waals surface area contributed by atoms with Crippen molar-refractivity contribution < 1.29 is 5.11 Å². The van der Waals surface area contributed by atoms with Crippen LogP contribution in [0.4, 0.5) is 0 Å². The molecule has 1 aromatic rings. The molecule has 1 heterocycles. The Kier molecular flexibility index (Phi) is 5.02. The lowest BCUT2D eigenvalue weighted by Gasteiger charge is -2.27. The Bertz CT molecular complexity index is 368. The van der Waals surface area contributed by atoms with Gasteiger partial charge < -0.3 is 5.11 Å². The third-order valence-electron chi connectivity index (χ3n) is 3.19. The summed E-state index contributed by atoms with van der Waals surface area (Å²) in [4.78, 5) is 0. The lowest BCUT2D eigenvalue weighted by Crippen LogP contribution is -2.32. The second-order valence-corrected chi connectivity index (χ2v) is 5.25. The molecule has 0 aliphatic carbocycles. The average molecular weight is 259 g/mol. The molecule has 0 bridgehead atoms. The fourth-order valence-corrected chi connectivity index (χ4v) is 2.64. The van der Waals surface area contributed by atoms with Gasteiger partial charge in [0, 0.05) is 13.5 Å². The first-order valence-electron chi connectivity index (χ1n) is 6.34. The smallest absolute Gasteiger partial charge is 0.0848 e. The van der Waals surface area contributed by atoms with Gasteiger partial charge in [0.15, 0.2) is 0 Å². The van der Waals surface area contributed by atoms with Gasteiger partial charge in [-0.3, -0.25) is 4.68 Å². The van der Waals surface area contributed by atoms with Gasteiger partial charge in [-0.2, -0.15) is 5.10 Å². The van der Waals surface area contributed by atoms with E-state index in [-0.39, 0.29) is 0 Å². The van der Waals surface area contributed by atoms with Crippen molar-refractivity contribution in [2.75, 3.05) is 0 Å². The molecule has 4 heteroatoms. The molecule has 0 aliphatic heterocycles. The normalized spacial score (nSPS) is 12.1. The fourth-order valence-electron chi connectivity index (χ4n) is 2.42. The number of rotatable bonds is 6. The molecule has 3 nitrogen and oxygen atoms in total. The topological polar surface area (TPSA) is 38.1 Å². The third-order valence-corrected chi connectivity index (χ3v) is 3.68. The molecule has 1 N–H and O–H groups in total. The lowest BCUT2D eigenvalue weighted by molar-refractivity contribution is 0.0199. The van der Waals surface area contributed by atoms with Gasteiger partial charge in [-0.05, 0) is 19.8 Å². The van der Waals surface area contributed by atoms with E-state index >= 15 is 0 Å². The van der Waals surface area contributed by atoms with Gasteiger partial charge in [0.05, 0.1) is 22.0 Å². The fraction of sp³-hybridized carbons (Fsp3) is 0.769. The van der Waals surface area contributed by atoms with E-state index in [1.807, 2.05) is 14.0 Å². The van der Waals surface area contributed by atoms with Crippen molar-refractivity contribution in [2.24, 2.45) is 7.05 Å². The van der Waals surface area contributed by atoms with Crippen LogP contribution in [-0.4, -0.2) is 20.5 Å². The van der Waals surface area contributed by atoms with Crippen molar-refractivity contribution in [3.8, 4) is 0 Å². The van der Waals surface area contributed by atoms with Crippen molar-refractivity contribution >= 4 is 11.6 Å². The predicted octanol–water partition coefficient (Wildman–Crippen LogP) is 3.26. The van der Waals surface area contributed by atoms with Crippen LogP contribution in [0, 0.1) is 6.92 Å². The number of halogens is 1. The number of aryl methyl sites for hydroxylation is 2.